The van der Waals surface area contributed by atoms with Gasteiger partial charge in [-0.25, -0.2) is 14.5 Å². The third-order valence-electron chi connectivity index (χ3n) is 4.36. The monoisotopic (exact) mass is 399 g/mol. The molecule has 29 heavy (non-hydrogen) atoms. The summed E-state index contributed by atoms with van der Waals surface area (Å²) in [5.74, 6) is 0.391. The zero-order valence-corrected chi connectivity index (χ0v) is 16.0. The molecule has 9 nitrogen and oxygen atoms in total. The van der Waals surface area contributed by atoms with Crippen molar-refractivity contribution in [1.82, 2.24) is 10.2 Å². The molecule has 4 amide bonds. The molecule has 0 saturated carbocycles. The molecule has 0 unspecified atom stereocenters. The molecule has 1 saturated heterocycles. The highest BCUT2D eigenvalue weighted by Gasteiger charge is 2.33. The molecular formula is C20H21N3O6. The van der Waals surface area contributed by atoms with Crippen molar-refractivity contribution in [2.24, 2.45) is 0 Å². The van der Waals surface area contributed by atoms with Crippen LogP contribution in [0.4, 0.5) is 15.3 Å². The summed E-state index contributed by atoms with van der Waals surface area (Å²) in [5, 5.41) is 5.50. The molecule has 9 heteroatoms. The molecule has 1 heterocycles. The number of carbonyl (C=O) groups excluding carboxylic acids is 3. The number of carbonyl (C=O) groups is 3. The van der Waals surface area contributed by atoms with Gasteiger partial charge in [0.25, 0.3) is 5.91 Å². The van der Waals surface area contributed by atoms with E-state index in [1.54, 1.807) is 42.5 Å². The first kappa shape index (κ1) is 20.0. The highest BCUT2D eigenvalue weighted by molar-refractivity contribution is 5.98. The topological polar surface area (TPSA) is 106 Å². The zero-order chi connectivity index (χ0) is 20.8. The Hall–Kier alpha value is -3.75. The molecule has 1 atom stereocenters. The quantitative estimate of drug-likeness (QED) is 0.741. The highest BCUT2D eigenvalue weighted by atomic mass is 16.6. The van der Waals surface area contributed by atoms with Crippen LogP contribution in [0, 0.1) is 0 Å². The minimum absolute atomic E-state index is 0.0512. The number of cyclic esters (lactones) is 1. The number of urea groups is 1. The van der Waals surface area contributed by atoms with Crippen LogP contribution in [0.2, 0.25) is 0 Å². The van der Waals surface area contributed by atoms with Crippen molar-refractivity contribution in [3.63, 3.8) is 0 Å². The first-order valence-corrected chi connectivity index (χ1v) is 8.84. The van der Waals surface area contributed by atoms with Crippen molar-refractivity contribution in [3.8, 4) is 11.5 Å². The normalized spacial score (nSPS) is 14.2. The maximum absolute atomic E-state index is 12.7. The second kappa shape index (κ2) is 8.96. The summed E-state index contributed by atoms with van der Waals surface area (Å²) in [5.41, 5.74) is 1.14. The van der Waals surface area contributed by atoms with E-state index in [1.807, 2.05) is 6.07 Å². The molecule has 1 aliphatic rings. The van der Waals surface area contributed by atoms with E-state index in [2.05, 4.69) is 10.6 Å². The molecule has 0 aliphatic carbocycles. The number of nitrogens with zero attached hydrogens (tertiary/aromatic N) is 1. The number of amides is 4. The number of nitrogens with one attached hydrogen (secondary N) is 2. The van der Waals surface area contributed by atoms with Crippen LogP contribution in [0.3, 0.4) is 0 Å². The van der Waals surface area contributed by atoms with Crippen molar-refractivity contribution in [2.45, 2.75) is 6.04 Å². The maximum Gasteiger partial charge on any atom is 0.417 e. The molecule has 2 aromatic rings. The van der Waals surface area contributed by atoms with Gasteiger partial charge in [-0.15, -0.1) is 0 Å². The Balaban J connectivity index is 1.78. The predicted molar refractivity (Wildman–Crippen MR) is 104 cm³/mol. The Morgan fingerprint density at radius 1 is 1.10 bits per heavy atom. The highest BCUT2D eigenvalue weighted by Crippen LogP contribution is 2.34. The molecule has 2 aromatic carbocycles. The second-order valence-corrected chi connectivity index (χ2v) is 6.16. The minimum atomic E-state index is -0.729. The van der Waals surface area contributed by atoms with Crippen molar-refractivity contribution in [1.29, 1.82) is 0 Å². The Morgan fingerprint density at radius 3 is 2.48 bits per heavy atom. The first-order valence-electron chi connectivity index (χ1n) is 8.84. The van der Waals surface area contributed by atoms with Gasteiger partial charge in [-0.1, -0.05) is 36.4 Å². The van der Waals surface area contributed by atoms with Crippen LogP contribution < -0.4 is 20.1 Å². The fraction of sp³-hybridized carbons (Fsp3) is 0.250. The molecular weight excluding hydrogens is 378 g/mol. The molecule has 0 bridgehead atoms. The van der Waals surface area contributed by atoms with Crippen LogP contribution in [0.15, 0.2) is 48.5 Å². The number of hydrogen-bond donors (Lipinski definition) is 2. The Morgan fingerprint density at radius 2 is 1.86 bits per heavy atom. The van der Waals surface area contributed by atoms with E-state index < -0.39 is 24.1 Å². The number of imide groups is 1. The summed E-state index contributed by atoms with van der Waals surface area (Å²) in [6, 6.07) is 12.9. The summed E-state index contributed by atoms with van der Waals surface area (Å²) >= 11 is 0. The number of hydrogen-bond acceptors (Lipinski definition) is 6. The standard InChI is InChI=1S/C20H21N3O6/c1-27-16-10-6-9-14(18(16)28-2)21-19(25)22-15(13-7-4-3-5-8-13)11-23-17(24)12-29-20(23)26/h3-10,15H,11-12H2,1-2H3,(H2,21,22,25)/t15-/m0/s1. The van der Waals surface area contributed by atoms with E-state index in [4.69, 9.17) is 14.2 Å². The Kier molecular flexibility index (Phi) is 6.18. The predicted octanol–water partition coefficient (Wildman–Crippen LogP) is 2.55. The largest absolute Gasteiger partial charge is 0.493 e. The number of methoxy groups -OCH3 is 2. The second-order valence-electron chi connectivity index (χ2n) is 6.16. The molecule has 0 aromatic heterocycles. The fourth-order valence-electron chi connectivity index (χ4n) is 2.96. The summed E-state index contributed by atoms with van der Waals surface area (Å²) in [4.78, 5) is 37.3. The minimum Gasteiger partial charge on any atom is -0.493 e. The SMILES string of the molecule is COc1cccc(NC(=O)N[C@@H](CN2C(=O)COC2=O)c2ccccc2)c1OC. The van der Waals surface area contributed by atoms with E-state index in [0.717, 1.165) is 10.5 Å². The number of anilines is 1. The molecule has 3 rings (SSSR count). The molecule has 2 N–H and O–H groups in total. The third kappa shape index (κ3) is 4.57. The molecule has 0 spiro atoms. The number of ether oxygens (including phenoxy) is 3. The van der Waals surface area contributed by atoms with E-state index in [9.17, 15) is 14.4 Å². The van der Waals surface area contributed by atoms with Gasteiger partial charge in [-0.2, -0.15) is 0 Å². The lowest BCUT2D eigenvalue weighted by Gasteiger charge is -2.23. The van der Waals surface area contributed by atoms with E-state index >= 15 is 0 Å². The molecule has 1 fully saturated rings. The van der Waals surface area contributed by atoms with Crippen LogP contribution in [-0.4, -0.2) is 50.3 Å². The summed E-state index contributed by atoms with van der Waals surface area (Å²) < 4.78 is 15.3. The van der Waals surface area contributed by atoms with Gasteiger partial charge in [0.15, 0.2) is 18.1 Å². The average Bonchev–Trinajstić information content (AvgIpc) is 3.05. The van der Waals surface area contributed by atoms with Gasteiger partial charge in [0.1, 0.15) is 0 Å². The van der Waals surface area contributed by atoms with Crippen molar-refractivity contribution >= 4 is 23.7 Å². The fourth-order valence-corrected chi connectivity index (χ4v) is 2.96. The number of para-hydroxylation sites is 1. The smallest absolute Gasteiger partial charge is 0.417 e. The summed E-state index contributed by atoms with van der Waals surface area (Å²) in [6.07, 6.45) is -0.729. The molecule has 1 aliphatic heterocycles. The Bertz CT molecular complexity index is 886. The number of benzene rings is 2. The van der Waals surface area contributed by atoms with Crippen molar-refractivity contribution < 1.29 is 28.6 Å². The lowest BCUT2D eigenvalue weighted by atomic mass is 10.1. The molecule has 152 valence electrons. The van der Waals surface area contributed by atoms with Gasteiger partial charge >= 0.3 is 12.1 Å². The maximum atomic E-state index is 12.7. The van der Waals surface area contributed by atoms with Gasteiger partial charge < -0.3 is 24.8 Å². The zero-order valence-electron chi connectivity index (χ0n) is 16.0. The number of rotatable bonds is 7. The van der Waals surface area contributed by atoms with Crippen LogP contribution in [0.25, 0.3) is 0 Å². The summed E-state index contributed by atoms with van der Waals surface area (Å²) in [6.45, 7) is -0.349. The van der Waals surface area contributed by atoms with Gasteiger partial charge in [-0.05, 0) is 17.7 Å². The van der Waals surface area contributed by atoms with Gasteiger partial charge in [0.05, 0.1) is 32.5 Å². The van der Waals surface area contributed by atoms with Crippen LogP contribution in [-0.2, 0) is 9.53 Å². The van der Waals surface area contributed by atoms with E-state index in [1.165, 1.54) is 14.2 Å². The van der Waals surface area contributed by atoms with Crippen LogP contribution in [0.5, 0.6) is 11.5 Å². The van der Waals surface area contributed by atoms with E-state index in [-0.39, 0.29) is 13.2 Å². The van der Waals surface area contributed by atoms with Crippen LogP contribution in [0.1, 0.15) is 11.6 Å². The van der Waals surface area contributed by atoms with Gasteiger partial charge in [0, 0.05) is 0 Å². The van der Waals surface area contributed by atoms with Gasteiger partial charge in [0.2, 0.25) is 0 Å². The van der Waals surface area contributed by atoms with Gasteiger partial charge in [-0.3, -0.25) is 4.79 Å². The Labute approximate surface area is 167 Å². The lowest BCUT2D eigenvalue weighted by molar-refractivity contribution is -0.126. The van der Waals surface area contributed by atoms with Crippen LogP contribution >= 0.6 is 0 Å². The third-order valence-corrected chi connectivity index (χ3v) is 4.36. The van der Waals surface area contributed by atoms with Crippen molar-refractivity contribution in [3.05, 3.63) is 54.1 Å². The molecule has 0 radical (unpaired) electrons. The van der Waals surface area contributed by atoms with Crippen molar-refractivity contribution in [2.75, 3.05) is 32.7 Å². The van der Waals surface area contributed by atoms with E-state index in [0.29, 0.717) is 17.2 Å². The lowest BCUT2D eigenvalue weighted by Crippen LogP contribution is -2.41. The average molecular weight is 399 g/mol. The summed E-state index contributed by atoms with van der Waals surface area (Å²) in [7, 11) is 2.97. The first-order chi connectivity index (χ1) is 14.0.